The smallest absolute Gasteiger partial charge is 0.336 e. The van der Waals surface area contributed by atoms with Gasteiger partial charge < -0.3 is 4.74 Å². The topological polar surface area (TPSA) is 148 Å². The lowest BCUT2D eigenvalue weighted by Gasteiger charge is -2.17. The summed E-state index contributed by atoms with van der Waals surface area (Å²) < 4.78 is 57.0. The van der Waals surface area contributed by atoms with Crippen LogP contribution in [-0.4, -0.2) is 29.7 Å². The van der Waals surface area contributed by atoms with Gasteiger partial charge in [0, 0.05) is 11.4 Å². The SMILES string of the molecule is NS(=O)(=O)OCCC(Oc1ccc(Cl)cc1)OS(N)(=O)=O. The summed E-state index contributed by atoms with van der Waals surface area (Å²) in [4.78, 5) is 0. The Hall–Kier alpha value is -0.950. The van der Waals surface area contributed by atoms with Crippen molar-refractivity contribution in [3.05, 3.63) is 29.3 Å². The summed E-state index contributed by atoms with van der Waals surface area (Å²) in [5, 5.41) is 9.81. The molecule has 0 radical (unpaired) electrons. The third-order valence-electron chi connectivity index (χ3n) is 1.92. The third-order valence-corrected chi connectivity index (χ3v) is 3.15. The second-order valence-corrected chi connectivity index (χ2v) is 6.53. The van der Waals surface area contributed by atoms with Crippen molar-refractivity contribution in [2.45, 2.75) is 12.7 Å². The first-order chi connectivity index (χ1) is 9.55. The largest absolute Gasteiger partial charge is 0.464 e. The number of hydrogen-bond donors (Lipinski definition) is 2. The summed E-state index contributed by atoms with van der Waals surface area (Å²) in [5.41, 5.74) is 0. The molecule has 0 saturated heterocycles. The van der Waals surface area contributed by atoms with Crippen molar-refractivity contribution in [1.82, 2.24) is 0 Å². The van der Waals surface area contributed by atoms with Crippen molar-refractivity contribution in [3.8, 4) is 5.75 Å². The Morgan fingerprint density at radius 1 is 1.05 bits per heavy atom. The van der Waals surface area contributed by atoms with Gasteiger partial charge in [0.05, 0.1) is 6.61 Å². The molecule has 1 rings (SSSR count). The van der Waals surface area contributed by atoms with Crippen LogP contribution < -0.4 is 15.0 Å². The maximum atomic E-state index is 10.9. The van der Waals surface area contributed by atoms with Gasteiger partial charge in [0.25, 0.3) is 0 Å². The molecule has 1 unspecified atom stereocenters. The lowest BCUT2D eigenvalue weighted by Crippen LogP contribution is -2.30. The summed E-state index contributed by atoms with van der Waals surface area (Å²) in [6, 6.07) is 5.93. The maximum Gasteiger partial charge on any atom is 0.336 e. The Labute approximate surface area is 127 Å². The molecule has 0 heterocycles. The average Bonchev–Trinajstić information content (AvgIpc) is 2.28. The Kier molecular flexibility index (Phi) is 6.34. The van der Waals surface area contributed by atoms with E-state index in [0.29, 0.717) is 5.02 Å². The Morgan fingerprint density at radius 3 is 2.10 bits per heavy atom. The van der Waals surface area contributed by atoms with Gasteiger partial charge >= 0.3 is 20.6 Å². The first-order valence-electron chi connectivity index (χ1n) is 5.35. The number of benzene rings is 1. The minimum absolute atomic E-state index is 0.239. The van der Waals surface area contributed by atoms with Gasteiger partial charge in [-0.1, -0.05) is 11.6 Å². The van der Waals surface area contributed by atoms with E-state index in [1.54, 1.807) is 0 Å². The van der Waals surface area contributed by atoms with Crippen LogP contribution in [0.15, 0.2) is 24.3 Å². The van der Waals surface area contributed by atoms with Gasteiger partial charge in [-0.25, -0.2) is 14.5 Å². The summed E-state index contributed by atoms with van der Waals surface area (Å²) >= 11 is 5.69. The van der Waals surface area contributed by atoms with E-state index in [2.05, 4.69) is 13.5 Å². The van der Waals surface area contributed by atoms with E-state index in [1.165, 1.54) is 24.3 Å². The van der Waals surface area contributed by atoms with Crippen LogP contribution >= 0.6 is 11.6 Å². The highest BCUT2D eigenvalue weighted by atomic mass is 35.5. The lowest BCUT2D eigenvalue weighted by molar-refractivity contribution is -0.00342. The van der Waals surface area contributed by atoms with Crippen LogP contribution in [0.3, 0.4) is 0 Å². The first-order valence-corrected chi connectivity index (χ1v) is 8.67. The first kappa shape index (κ1) is 18.1. The molecule has 0 bridgehead atoms. The van der Waals surface area contributed by atoms with Crippen molar-refractivity contribution < 1.29 is 29.9 Å². The summed E-state index contributed by atoms with van der Waals surface area (Å²) in [5.74, 6) is 0.239. The summed E-state index contributed by atoms with van der Waals surface area (Å²) in [6.07, 6.45) is -1.64. The van der Waals surface area contributed by atoms with E-state index < -0.39 is 33.5 Å². The van der Waals surface area contributed by atoms with Crippen LogP contribution in [0.2, 0.25) is 5.02 Å². The van der Waals surface area contributed by atoms with Gasteiger partial charge in [-0.3, -0.25) is 4.18 Å². The zero-order valence-electron chi connectivity index (χ0n) is 10.5. The predicted molar refractivity (Wildman–Crippen MR) is 73.7 cm³/mol. The molecule has 0 amide bonds. The van der Waals surface area contributed by atoms with Crippen molar-refractivity contribution in [2.24, 2.45) is 10.3 Å². The van der Waals surface area contributed by atoms with Gasteiger partial charge in [0.15, 0.2) is 0 Å². The number of ether oxygens (including phenoxy) is 1. The highest BCUT2D eigenvalue weighted by molar-refractivity contribution is 7.84. The van der Waals surface area contributed by atoms with E-state index in [1.807, 2.05) is 0 Å². The fraction of sp³-hybridized carbons (Fsp3) is 0.333. The van der Waals surface area contributed by atoms with Crippen molar-refractivity contribution in [3.63, 3.8) is 0 Å². The lowest BCUT2D eigenvalue weighted by atomic mass is 10.3. The Balaban J connectivity index is 2.70. The third kappa shape index (κ3) is 8.83. The molecule has 0 fully saturated rings. The van der Waals surface area contributed by atoms with E-state index in [9.17, 15) is 16.8 Å². The zero-order chi connectivity index (χ0) is 16.1. The molecule has 12 heteroatoms. The molecule has 120 valence electrons. The molecule has 0 spiro atoms. The number of nitrogens with two attached hydrogens (primary N) is 2. The van der Waals surface area contributed by atoms with Crippen LogP contribution in [0.1, 0.15) is 6.42 Å². The fourth-order valence-electron chi connectivity index (χ4n) is 1.20. The zero-order valence-corrected chi connectivity index (χ0v) is 12.9. The van der Waals surface area contributed by atoms with Crippen LogP contribution in [0.5, 0.6) is 5.75 Å². The molecule has 1 aromatic rings. The standard InChI is InChI=1S/C9H13ClN2O7S2/c10-7-1-3-8(4-2-7)18-9(19-21(12,15)16)5-6-17-20(11,13)14/h1-4,9H,5-6H2,(H2,11,13,14)(H2,12,15,16). The number of rotatable bonds is 8. The van der Waals surface area contributed by atoms with Gasteiger partial charge in [-0.15, -0.1) is 0 Å². The minimum Gasteiger partial charge on any atom is -0.464 e. The van der Waals surface area contributed by atoms with E-state index in [-0.39, 0.29) is 12.2 Å². The molecule has 0 aromatic heterocycles. The van der Waals surface area contributed by atoms with Gasteiger partial charge in [-0.2, -0.15) is 16.8 Å². The van der Waals surface area contributed by atoms with Gasteiger partial charge in [-0.05, 0) is 24.3 Å². The normalized spacial score (nSPS) is 13.9. The molecule has 0 aliphatic heterocycles. The molecule has 4 N–H and O–H groups in total. The number of hydrogen-bond acceptors (Lipinski definition) is 7. The summed E-state index contributed by atoms with van der Waals surface area (Å²) in [7, 11) is -8.46. The molecule has 1 atom stereocenters. The second kappa shape index (κ2) is 7.35. The quantitative estimate of drug-likeness (QED) is 0.613. The molecule has 0 aliphatic rings. The summed E-state index contributed by atoms with van der Waals surface area (Å²) in [6.45, 7) is -0.452. The molecule has 1 aromatic carbocycles. The van der Waals surface area contributed by atoms with Crippen molar-refractivity contribution in [1.29, 1.82) is 0 Å². The molecular weight excluding hydrogens is 348 g/mol. The van der Waals surface area contributed by atoms with Crippen LogP contribution in [0.4, 0.5) is 0 Å². The van der Waals surface area contributed by atoms with Crippen LogP contribution in [0, 0.1) is 0 Å². The second-order valence-electron chi connectivity index (χ2n) is 3.69. The Morgan fingerprint density at radius 2 is 1.62 bits per heavy atom. The average molecular weight is 361 g/mol. The predicted octanol–water partition coefficient (Wildman–Crippen LogP) is -0.125. The molecule has 21 heavy (non-hydrogen) atoms. The van der Waals surface area contributed by atoms with E-state index in [0.717, 1.165) is 0 Å². The van der Waals surface area contributed by atoms with E-state index in [4.69, 9.17) is 21.5 Å². The van der Waals surface area contributed by atoms with Gasteiger partial charge in [0.2, 0.25) is 6.29 Å². The van der Waals surface area contributed by atoms with Gasteiger partial charge in [0.1, 0.15) is 5.75 Å². The van der Waals surface area contributed by atoms with E-state index >= 15 is 0 Å². The molecule has 0 aliphatic carbocycles. The van der Waals surface area contributed by atoms with Crippen LogP contribution in [0.25, 0.3) is 0 Å². The van der Waals surface area contributed by atoms with Crippen LogP contribution in [-0.2, 0) is 29.0 Å². The monoisotopic (exact) mass is 360 g/mol. The number of halogens is 1. The molecule has 9 nitrogen and oxygen atoms in total. The Bertz CT molecular complexity index is 660. The minimum atomic E-state index is -4.30. The molecule has 0 saturated carbocycles. The van der Waals surface area contributed by atoms with Crippen molar-refractivity contribution >= 4 is 32.2 Å². The highest BCUT2D eigenvalue weighted by Gasteiger charge is 2.19. The highest BCUT2D eigenvalue weighted by Crippen LogP contribution is 2.18. The molecular formula is C9H13ClN2O7S2. The fourth-order valence-corrected chi connectivity index (χ4v) is 2.09. The van der Waals surface area contributed by atoms with Crippen molar-refractivity contribution in [2.75, 3.05) is 6.61 Å². The maximum absolute atomic E-state index is 10.9.